The van der Waals surface area contributed by atoms with Crippen LogP contribution in [0.15, 0.2) is 47.4 Å². The third-order valence-electron chi connectivity index (χ3n) is 3.00. The van der Waals surface area contributed by atoms with Gasteiger partial charge in [-0.05, 0) is 28.8 Å². The molecule has 1 N–H and O–H groups in total. The zero-order valence-electron chi connectivity index (χ0n) is 9.06. The summed E-state index contributed by atoms with van der Waals surface area (Å²) >= 11 is 7.72. The lowest BCUT2D eigenvalue weighted by molar-refractivity contribution is 0.217. The molecule has 3 heteroatoms. The molecule has 1 atom stereocenters. The van der Waals surface area contributed by atoms with Crippen molar-refractivity contribution in [3.8, 4) is 0 Å². The van der Waals surface area contributed by atoms with E-state index in [2.05, 4.69) is 6.07 Å². The van der Waals surface area contributed by atoms with E-state index >= 15 is 0 Å². The molecule has 0 radical (unpaired) electrons. The first-order valence-corrected chi connectivity index (χ1v) is 6.80. The summed E-state index contributed by atoms with van der Waals surface area (Å²) in [6.45, 7) is 0. The van der Waals surface area contributed by atoms with Gasteiger partial charge in [-0.2, -0.15) is 0 Å². The molecule has 0 saturated heterocycles. The summed E-state index contributed by atoms with van der Waals surface area (Å²) < 4.78 is 0. The molecule has 0 spiro atoms. The van der Waals surface area contributed by atoms with Crippen molar-refractivity contribution in [1.82, 2.24) is 0 Å². The lowest BCUT2D eigenvalue weighted by atomic mass is 9.98. The SMILES string of the molecule is O[C@H]1c2ccccc2CSc2cc(Cl)ccc21. The van der Waals surface area contributed by atoms with Gasteiger partial charge in [-0.25, -0.2) is 0 Å². The van der Waals surface area contributed by atoms with Gasteiger partial charge < -0.3 is 5.11 Å². The van der Waals surface area contributed by atoms with Crippen LogP contribution >= 0.6 is 23.4 Å². The van der Waals surface area contributed by atoms with Gasteiger partial charge in [-0.15, -0.1) is 11.8 Å². The average Bonchev–Trinajstić information content (AvgIpc) is 2.48. The average molecular weight is 263 g/mol. The van der Waals surface area contributed by atoms with Gasteiger partial charge in [0, 0.05) is 15.7 Å². The third-order valence-corrected chi connectivity index (χ3v) is 4.36. The van der Waals surface area contributed by atoms with Crippen LogP contribution in [0.1, 0.15) is 22.8 Å². The molecule has 0 aliphatic carbocycles. The molecule has 0 unspecified atom stereocenters. The quantitative estimate of drug-likeness (QED) is 0.774. The van der Waals surface area contributed by atoms with Crippen LogP contribution in [0.2, 0.25) is 5.02 Å². The summed E-state index contributed by atoms with van der Waals surface area (Å²) in [6.07, 6.45) is -0.548. The Balaban J connectivity index is 2.16. The summed E-state index contributed by atoms with van der Waals surface area (Å²) in [5.41, 5.74) is 3.14. The highest BCUT2D eigenvalue weighted by atomic mass is 35.5. The standard InChI is InChI=1S/C14H11ClOS/c15-10-5-6-12-13(7-10)17-8-9-3-1-2-4-11(9)14(12)16/h1-7,14,16H,8H2/t14-/m0/s1. The maximum atomic E-state index is 10.4. The monoisotopic (exact) mass is 262 g/mol. The van der Waals surface area contributed by atoms with Gasteiger partial charge in [0.2, 0.25) is 0 Å². The number of aliphatic hydroxyl groups is 1. The highest BCUT2D eigenvalue weighted by Crippen LogP contribution is 2.40. The summed E-state index contributed by atoms with van der Waals surface area (Å²) in [5.74, 6) is 0.876. The molecule has 1 aliphatic rings. The van der Waals surface area contributed by atoms with Crippen molar-refractivity contribution < 1.29 is 5.11 Å². The molecule has 86 valence electrons. The van der Waals surface area contributed by atoms with E-state index in [1.807, 2.05) is 36.4 Å². The molecule has 17 heavy (non-hydrogen) atoms. The Kier molecular flexibility index (Phi) is 2.87. The van der Waals surface area contributed by atoms with Gasteiger partial charge in [0.25, 0.3) is 0 Å². The second-order valence-electron chi connectivity index (χ2n) is 4.07. The first kappa shape index (κ1) is 11.1. The minimum Gasteiger partial charge on any atom is -0.384 e. The van der Waals surface area contributed by atoms with Crippen molar-refractivity contribution >= 4 is 23.4 Å². The van der Waals surface area contributed by atoms with E-state index in [0.29, 0.717) is 0 Å². The van der Waals surface area contributed by atoms with Gasteiger partial charge in [0.1, 0.15) is 6.10 Å². The number of halogens is 1. The first-order chi connectivity index (χ1) is 8.25. The maximum Gasteiger partial charge on any atom is 0.105 e. The maximum absolute atomic E-state index is 10.4. The van der Waals surface area contributed by atoms with Crippen molar-refractivity contribution in [2.24, 2.45) is 0 Å². The molecule has 0 bridgehead atoms. The van der Waals surface area contributed by atoms with Crippen LogP contribution in [0.25, 0.3) is 0 Å². The largest absolute Gasteiger partial charge is 0.384 e. The van der Waals surface area contributed by atoms with Crippen LogP contribution in [-0.2, 0) is 5.75 Å². The minimum atomic E-state index is -0.548. The molecule has 2 aromatic rings. The van der Waals surface area contributed by atoms with Crippen LogP contribution in [0.3, 0.4) is 0 Å². The normalized spacial score (nSPS) is 18.1. The lowest BCUT2D eigenvalue weighted by Gasteiger charge is -2.13. The Hall–Kier alpha value is -0.960. The van der Waals surface area contributed by atoms with E-state index in [0.717, 1.165) is 26.8 Å². The highest BCUT2D eigenvalue weighted by Gasteiger charge is 2.21. The van der Waals surface area contributed by atoms with Gasteiger partial charge in [0.05, 0.1) is 0 Å². The smallest absolute Gasteiger partial charge is 0.105 e. The molecule has 3 rings (SSSR count). The predicted molar refractivity (Wildman–Crippen MR) is 71.5 cm³/mol. The Morgan fingerprint density at radius 3 is 2.82 bits per heavy atom. The highest BCUT2D eigenvalue weighted by molar-refractivity contribution is 7.98. The molecular weight excluding hydrogens is 252 g/mol. The number of rotatable bonds is 0. The van der Waals surface area contributed by atoms with E-state index in [-0.39, 0.29) is 0 Å². The summed E-state index contributed by atoms with van der Waals surface area (Å²) in [5, 5.41) is 11.1. The topological polar surface area (TPSA) is 20.2 Å². The Bertz CT molecular complexity index is 568. The van der Waals surface area contributed by atoms with Gasteiger partial charge in [0.15, 0.2) is 0 Å². The first-order valence-electron chi connectivity index (χ1n) is 5.44. The molecule has 0 aromatic heterocycles. The number of hydrogen-bond acceptors (Lipinski definition) is 2. The second-order valence-corrected chi connectivity index (χ2v) is 5.53. The van der Waals surface area contributed by atoms with Crippen molar-refractivity contribution in [3.63, 3.8) is 0 Å². The molecule has 0 saturated carbocycles. The summed E-state index contributed by atoms with van der Waals surface area (Å²) in [6, 6.07) is 13.7. The van der Waals surface area contributed by atoms with Crippen LogP contribution in [0, 0.1) is 0 Å². The van der Waals surface area contributed by atoms with E-state index in [4.69, 9.17) is 11.6 Å². The predicted octanol–water partition coefficient (Wildman–Crippen LogP) is 4.03. The number of benzene rings is 2. The third kappa shape index (κ3) is 1.97. The van der Waals surface area contributed by atoms with Gasteiger partial charge >= 0.3 is 0 Å². The second kappa shape index (κ2) is 4.37. The number of aliphatic hydroxyl groups excluding tert-OH is 1. The van der Waals surface area contributed by atoms with Gasteiger partial charge in [-0.3, -0.25) is 0 Å². The molecular formula is C14H11ClOS. The molecule has 0 fully saturated rings. The summed E-state index contributed by atoms with van der Waals surface area (Å²) in [7, 11) is 0. The van der Waals surface area contributed by atoms with E-state index in [9.17, 15) is 5.11 Å². The molecule has 1 aliphatic heterocycles. The molecule has 0 amide bonds. The Morgan fingerprint density at radius 1 is 1.12 bits per heavy atom. The Morgan fingerprint density at radius 2 is 1.94 bits per heavy atom. The fourth-order valence-electron chi connectivity index (χ4n) is 2.11. The van der Waals surface area contributed by atoms with E-state index < -0.39 is 6.10 Å². The van der Waals surface area contributed by atoms with Crippen molar-refractivity contribution in [2.45, 2.75) is 16.8 Å². The zero-order chi connectivity index (χ0) is 11.8. The van der Waals surface area contributed by atoms with Crippen LogP contribution in [0.5, 0.6) is 0 Å². The van der Waals surface area contributed by atoms with Crippen molar-refractivity contribution in [3.05, 3.63) is 64.2 Å². The van der Waals surface area contributed by atoms with Crippen molar-refractivity contribution in [2.75, 3.05) is 0 Å². The van der Waals surface area contributed by atoms with Crippen LogP contribution in [-0.4, -0.2) is 5.11 Å². The van der Waals surface area contributed by atoms with Crippen LogP contribution < -0.4 is 0 Å². The molecule has 2 aromatic carbocycles. The Labute approximate surface area is 109 Å². The number of fused-ring (bicyclic) bond motifs is 2. The molecule has 1 heterocycles. The fraction of sp³-hybridized carbons (Fsp3) is 0.143. The van der Waals surface area contributed by atoms with Crippen molar-refractivity contribution in [1.29, 1.82) is 0 Å². The number of hydrogen-bond donors (Lipinski definition) is 1. The minimum absolute atomic E-state index is 0.548. The van der Waals surface area contributed by atoms with E-state index in [1.54, 1.807) is 11.8 Å². The summed E-state index contributed by atoms with van der Waals surface area (Å²) in [4.78, 5) is 1.07. The molecule has 1 nitrogen and oxygen atoms in total. The fourth-order valence-corrected chi connectivity index (χ4v) is 3.48. The van der Waals surface area contributed by atoms with Gasteiger partial charge in [-0.1, -0.05) is 41.9 Å². The van der Waals surface area contributed by atoms with Crippen LogP contribution in [0.4, 0.5) is 0 Å². The number of thioether (sulfide) groups is 1. The zero-order valence-corrected chi connectivity index (χ0v) is 10.6. The van der Waals surface area contributed by atoms with E-state index in [1.165, 1.54) is 5.56 Å². The lowest BCUT2D eigenvalue weighted by Crippen LogP contribution is -2.01.